The molecule has 0 unspecified atom stereocenters. The van der Waals surface area contributed by atoms with Crippen molar-refractivity contribution in [2.24, 2.45) is 0 Å². The van der Waals surface area contributed by atoms with E-state index in [1.165, 1.54) is 12.8 Å². The molecule has 3 heterocycles. The summed E-state index contributed by atoms with van der Waals surface area (Å²) < 4.78 is 0. The van der Waals surface area contributed by atoms with Crippen LogP contribution in [0.2, 0.25) is 0 Å². The smallest absolute Gasteiger partial charge is 0.272 e. The van der Waals surface area contributed by atoms with Gasteiger partial charge in [-0.15, -0.1) is 0 Å². The molecule has 1 aliphatic carbocycles. The molecule has 0 radical (unpaired) electrons. The summed E-state index contributed by atoms with van der Waals surface area (Å²) >= 11 is 0. The molecule has 1 saturated carbocycles. The highest BCUT2D eigenvalue weighted by molar-refractivity contribution is 5.93. The molecular formula is C15H21N7O. The van der Waals surface area contributed by atoms with E-state index in [2.05, 4.69) is 37.7 Å². The first kappa shape index (κ1) is 14.3. The Kier molecular flexibility index (Phi) is 3.53. The average Bonchev–Trinajstić information content (AvgIpc) is 3.13. The highest BCUT2D eigenvalue weighted by Crippen LogP contribution is 2.39. The summed E-state index contributed by atoms with van der Waals surface area (Å²) in [7, 11) is 2.07. The summed E-state index contributed by atoms with van der Waals surface area (Å²) in [6.07, 6.45) is 2.46. The molecule has 0 atom stereocenters. The fraction of sp³-hybridized carbons (Fsp3) is 0.533. The Morgan fingerprint density at radius 3 is 2.57 bits per heavy atom. The quantitative estimate of drug-likeness (QED) is 0.787. The number of hydrogen-bond donors (Lipinski definition) is 3. The molecular weight excluding hydrogens is 294 g/mol. The number of carbonyl (C=O) groups excluding carboxylic acids is 1. The van der Waals surface area contributed by atoms with Crippen molar-refractivity contribution in [3.05, 3.63) is 23.5 Å². The highest BCUT2D eigenvalue weighted by Gasteiger charge is 2.26. The van der Waals surface area contributed by atoms with Gasteiger partial charge in [-0.2, -0.15) is 10.2 Å². The van der Waals surface area contributed by atoms with Crippen LogP contribution in [0.25, 0.3) is 0 Å². The number of nitrogens with one attached hydrogen (secondary N) is 3. The van der Waals surface area contributed by atoms with Crippen molar-refractivity contribution in [3.63, 3.8) is 0 Å². The van der Waals surface area contributed by atoms with E-state index in [1.807, 2.05) is 11.0 Å². The van der Waals surface area contributed by atoms with E-state index in [4.69, 9.17) is 0 Å². The number of aromatic nitrogens is 4. The Morgan fingerprint density at radius 2 is 1.83 bits per heavy atom. The number of H-pyrrole nitrogens is 2. The van der Waals surface area contributed by atoms with E-state index in [1.54, 1.807) is 6.07 Å². The van der Waals surface area contributed by atoms with Crippen LogP contribution in [0.3, 0.4) is 0 Å². The van der Waals surface area contributed by atoms with Gasteiger partial charge in [-0.25, -0.2) is 0 Å². The second-order valence-electron chi connectivity index (χ2n) is 6.37. The van der Waals surface area contributed by atoms with Crippen molar-refractivity contribution in [2.75, 3.05) is 38.5 Å². The monoisotopic (exact) mass is 315 g/mol. The molecule has 0 spiro atoms. The lowest BCUT2D eigenvalue weighted by Crippen LogP contribution is -2.47. The van der Waals surface area contributed by atoms with Crippen LogP contribution in [0.1, 0.15) is 34.9 Å². The third kappa shape index (κ3) is 3.07. The minimum Gasteiger partial charge on any atom is -0.335 e. The molecule has 122 valence electrons. The molecule has 2 fully saturated rings. The summed E-state index contributed by atoms with van der Waals surface area (Å²) in [4.78, 5) is 16.5. The number of amides is 1. The van der Waals surface area contributed by atoms with Crippen LogP contribution in [-0.2, 0) is 0 Å². The summed E-state index contributed by atoms with van der Waals surface area (Å²) in [5.74, 6) is 1.97. The Balaban J connectivity index is 1.40. The topological polar surface area (TPSA) is 92.9 Å². The predicted octanol–water partition coefficient (Wildman–Crippen LogP) is 1.14. The molecule has 3 N–H and O–H groups in total. The third-order valence-corrected chi connectivity index (χ3v) is 4.47. The van der Waals surface area contributed by atoms with Gasteiger partial charge < -0.3 is 15.1 Å². The number of likely N-dealkylation sites (N-methyl/N-ethyl adjacent to an activating group) is 1. The normalized spacial score (nSPS) is 19.1. The zero-order chi connectivity index (χ0) is 15.8. The second-order valence-corrected chi connectivity index (χ2v) is 6.37. The van der Waals surface area contributed by atoms with Gasteiger partial charge in [0.05, 0.1) is 0 Å². The van der Waals surface area contributed by atoms with Gasteiger partial charge in [0.1, 0.15) is 5.69 Å². The van der Waals surface area contributed by atoms with Crippen molar-refractivity contribution < 1.29 is 4.79 Å². The Morgan fingerprint density at radius 1 is 1.13 bits per heavy atom. The molecule has 0 aromatic carbocycles. The fourth-order valence-electron chi connectivity index (χ4n) is 2.81. The van der Waals surface area contributed by atoms with E-state index in [0.29, 0.717) is 17.4 Å². The number of hydrogen-bond acceptors (Lipinski definition) is 5. The number of piperazine rings is 1. The maximum atomic E-state index is 12.5. The first-order valence-corrected chi connectivity index (χ1v) is 8.04. The van der Waals surface area contributed by atoms with Gasteiger partial charge in [-0.1, -0.05) is 0 Å². The molecule has 2 aromatic heterocycles. The van der Waals surface area contributed by atoms with Crippen LogP contribution in [0.15, 0.2) is 12.1 Å². The molecule has 1 amide bonds. The van der Waals surface area contributed by atoms with Gasteiger partial charge in [-0.3, -0.25) is 15.0 Å². The number of rotatable bonds is 4. The number of nitrogens with zero attached hydrogens (tertiary/aromatic N) is 4. The molecule has 0 bridgehead atoms. The van der Waals surface area contributed by atoms with Crippen LogP contribution in [0, 0.1) is 0 Å². The summed E-state index contributed by atoms with van der Waals surface area (Å²) in [6, 6.07) is 3.75. The molecule has 2 aliphatic rings. The van der Waals surface area contributed by atoms with Crippen LogP contribution in [-0.4, -0.2) is 69.3 Å². The minimum absolute atomic E-state index is 0.000604. The van der Waals surface area contributed by atoms with Crippen molar-refractivity contribution >= 4 is 17.5 Å². The van der Waals surface area contributed by atoms with Gasteiger partial charge in [0.2, 0.25) is 0 Å². The molecule has 8 heteroatoms. The zero-order valence-corrected chi connectivity index (χ0v) is 13.2. The molecule has 2 aromatic rings. The number of aromatic amines is 2. The van der Waals surface area contributed by atoms with Crippen molar-refractivity contribution in [3.8, 4) is 0 Å². The molecule has 8 nitrogen and oxygen atoms in total. The Hall–Kier alpha value is -2.35. The second kappa shape index (κ2) is 5.69. The summed E-state index contributed by atoms with van der Waals surface area (Å²) in [6.45, 7) is 3.31. The van der Waals surface area contributed by atoms with Crippen molar-refractivity contribution in [1.82, 2.24) is 30.2 Å². The van der Waals surface area contributed by atoms with Crippen LogP contribution >= 0.6 is 0 Å². The number of anilines is 2. The maximum Gasteiger partial charge on any atom is 0.272 e. The molecule has 4 rings (SSSR count). The maximum absolute atomic E-state index is 12.5. The SMILES string of the molecule is CN1CCN(C(=O)c2cc(Nc3cc(C4CC4)[nH]n3)n[nH]2)CC1. The largest absolute Gasteiger partial charge is 0.335 e. The first-order chi connectivity index (χ1) is 11.2. The molecule has 23 heavy (non-hydrogen) atoms. The van der Waals surface area contributed by atoms with Crippen LogP contribution in [0.5, 0.6) is 0 Å². The van der Waals surface area contributed by atoms with Crippen molar-refractivity contribution in [1.29, 1.82) is 0 Å². The van der Waals surface area contributed by atoms with Crippen LogP contribution in [0.4, 0.5) is 11.6 Å². The Bertz CT molecular complexity index is 694. The van der Waals surface area contributed by atoms with E-state index in [9.17, 15) is 4.79 Å². The van der Waals surface area contributed by atoms with Crippen LogP contribution < -0.4 is 5.32 Å². The van der Waals surface area contributed by atoms with Gasteiger partial charge in [0.25, 0.3) is 5.91 Å². The van der Waals surface area contributed by atoms with Gasteiger partial charge in [-0.05, 0) is 19.9 Å². The summed E-state index contributed by atoms with van der Waals surface area (Å²) in [5.41, 5.74) is 1.67. The van der Waals surface area contributed by atoms with E-state index in [-0.39, 0.29) is 5.91 Å². The summed E-state index contributed by atoms with van der Waals surface area (Å²) in [5, 5.41) is 17.4. The minimum atomic E-state index is -0.000604. The lowest BCUT2D eigenvalue weighted by molar-refractivity contribution is 0.0658. The average molecular weight is 315 g/mol. The lowest BCUT2D eigenvalue weighted by Gasteiger charge is -2.31. The highest BCUT2D eigenvalue weighted by atomic mass is 16.2. The van der Waals surface area contributed by atoms with Crippen molar-refractivity contribution in [2.45, 2.75) is 18.8 Å². The fourth-order valence-corrected chi connectivity index (χ4v) is 2.81. The Labute approximate surface area is 134 Å². The molecule has 1 aliphatic heterocycles. The van der Waals surface area contributed by atoms with Gasteiger partial charge in [0.15, 0.2) is 11.6 Å². The van der Waals surface area contributed by atoms with E-state index in [0.717, 1.165) is 37.7 Å². The van der Waals surface area contributed by atoms with Gasteiger partial charge in [0, 0.05) is 49.9 Å². The van der Waals surface area contributed by atoms with Gasteiger partial charge >= 0.3 is 0 Å². The molecule has 1 saturated heterocycles. The first-order valence-electron chi connectivity index (χ1n) is 8.04. The number of carbonyl (C=O) groups is 1. The van der Waals surface area contributed by atoms with E-state index < -0.39 is 0 Å². The zero-order valence-electron chi connectivity index (χ0n) is 13.2. The van der Waals surface area contributed by atoms with E-state index >= 15 is 0 Å². The predicted molar refractivity (Wildman–Crippen MR) is 85.8 cm³/mol. The third-order valence-electron chi connectivity index (χ3n) is 4.47. The standard InChI is InChI=1S/C15H21N7O/c1-21-4-6-22(7-5-21)15(23)12-9-14(20-18-12)16-13-8-11(17-19-13)10-2-3-10/h8-10H,2-7H2,1H3,(H3,16,17,18,19,20). The lowest BCUT2D eigenvalue weighted by atomic mass is 10.3.